The molecule has 5 heteroatoms. The van der Waals surface area contributed by atoms with Crippen molar-refractivity contribution in [2.45, 2.75) is 24.6 Å². The highest BCUT2D eigenvalue weighted by Gasteiger charge is 2.41. The quantitative estimate of drug-likeness (QED) is 0.649. The molecular formula is C9H18O5. The van der Waals surface area contributed by atoms with Crippen molar-refractivity contribution in [3.8, 4) is 0 Å². The van der Waals surface area contributed by atoms with Gasteiger partial charge in [0.15, 0.2) is 6.29 Å². The number of methoxy groups -OCH3 is 4. The second-order valence-corrected chi connectivity index (χ2v) is 3.11. The molecular weight excluding hydrogens is 188 g/mol. The summed E-state index contributed by atoms with van der Waals surface area (Å²) in [5, 5.41) is 0. The van der Waals surface area contributed by atoms with E-state index in [4.69, 9.17) is 23.7 Å². The molecule has 1 aliphatic heterocycles. The van der Waals surface area contributed by atoms with Crippen molar-refractivity contribution < 1.29 is 23.7 Å². The van der Waals surface area contributed by atoms with Crippen LogP contribution in [0.15, 0.2) is 0 Å². The molecule has 5 nitrogen and oxygen atoms in total. The van der Waals surface area contributed by atoms with E-state index in [9.17, 15) is 0 Å². The van der Waals surface area contributed by atoms with Crippen LogP contribution in [0.3, 0.4) is 0 Å². The molecule has 0 aromatic carbocycles. The van der Waals surface area contributed by atoms with Crippen LogP contribution < -0.4 is 0 Å². The lowest BCUT2D eigenvalue weighted by atomic mass is 10.0. The molecule has 0 N–H and O–H groups in total. The molecule has 0 aromatic heterocycles. The predicted molar refractivity (Wildman–Crippen MR) is 49.1 cm³/mol. The van der Waals surface area contributed by atoms with Gasteiger partial charge in [0, 0.05) is 28.4 Å². The normalized spacial score (nSPS) is 38.6. The fraction of sp³-hybridized carbons (Fsp3) is 1.00. The van der Waals surface area contributed by atoms with Gasteiger partial charge in [0.1, 0.15) is 18.3 Å². The smallest absolute Gasteiger partial charge is 0.186 e. The summed E-state index contributed by atoms with van der Waals surface area (Å²) in [5.74, 6) is 0. The van der Waals surface area contributed by atoms with Crippen LogP contribution in [-0.4, -0.2) is 59.6 Å². The van der Waals surface area contributed by atoms with E-state index in [-0.39, 0.29) is 18.3 Å². The molecule has 1 saturated heterocycles. The summed E-state index contributed by atoms with van der Waals surface area (Å²) >= 11 is 0. The first-order chi connectivity index (χ1) is 6.78. The molecule has 14 heavy (non-hydrogen) atoms. The van der Waals surface area contributed by atoms with Crippen LogP contribution in [0.25, 0.3) is 0 Å². The van der Waals surface area contributed by atoms with Crippen molar-refractivity contribution in [1.82, 2.24) is 0 Å². The van der Waals surface area contributed by atoms with E-state index in [1.165, 1.54) is 0 Å². The van der Waals surface area contributed by atoms with Gasteiger partial charge < -0.3 is 23.7 Å². The van der Waals surface area contributed by atoms with Crippen LogP contribution in [0, 0.1) is 0 Å². The van der Waals surface area contributed by atoms with Gasteiger partial charge in [-0.05, 0) is 0 Å². The first-order valence-corrected chi connectivity index (χ1v) is 4.51. The van der Waals surface area contributed by atoms with Crippen LogP contribution in [0.5, 0.6) is 0 Å². The Morgan fingerprint density at radius 2 is 1.50 bits per heavy atom. The highest BCUT2D eigenvalue weighted by molar-refractivity contribution is 4.85. The first-order valence-electron chi connectivity index (χ1n) is 4.51. The third-order valence-corrected chi connectivity index (χ3v) is 2.46. The Balaban J connectivity index is 2.67. The van der Waals surface area contributed by atoms with Gasteiger partial charge in [-0.3, -0.25) is 0 Å². The van der Waals surface area contributed by atoms with Crippen LogP contribution in [-0.2, 0) is 23.7 Å². The van der Waals surface area contributed by atoms with Crippen molar-refractivity contribution in [2.24, 2.45) is 0 Å². The van der Waals surface area contributed by atoms with Crippen molar-refractivity contribution in [1.29, 1.82) is 0 Å². The minimum absolute atomic E-state index is 0.114. The Morgan fingerprint density at radius 3 is 1.93 bits per heavy atom. The molecule has 84 valence electrons. The van der Waals surface area contributed by atoms with Gasteiger partial charge in [0.2, 0.25) is 0 Å². The summed E-state index contributed by atoms with van der Waals surface area (Å²) in [4.78, 5) is 0. The van der Waals surface area contributed by atoms with E-state index >= 15 is 0 Å². The maximum Gasteiger partial charge on any atom is 0.186 e. The van der Waals surface area contributed by atoms with Gasteiger partial charge in [0.05, 0.1) is 6.61 Å². The second-order valence-electron chi connectivity index (χ2n) is 3.11. The summed E-state index contributed by atoms with van der Waals surface area (Å²) in [6.45, 7) is 0.452. The van der Waals surface area contributed by atoms with Gasteiger partial charge in [-0.2, -0.15) is 0 Å². The minimum Gasteiger partial charge on any atom is -0.376 e. The Bertz CT molecular complexity index is 145. The SMILES string of the molecule is COC1CO[C@@H](OC)[C@H](OC)[C@@H]1OC. The fourth-order valence-corrected chi connectivity index (χ4v) is 1.68. The maximum atomic E-state index is 5.41. The highest BCUT2D eigenvalue weighted by atomic mass is 16.7. The largest absolute Gasteiger partial charge is 0.376 e. The topological polar surface area (TPSA) is 46.2 Å². The fourth-order valence-electron chi connectivity index (χ4n) is 1.68. The van der Waals surface area contributed by atoms with Crippen molar-refractivity contribution in [3.63, 3.8) is 0 Å². The summed E-state index contributed by atoms with van der Waals surface area (Å²) in [6, 6.07) is 0. The second kappa shape index (κ2) is 5.63. The number of ether oxygens (including phenoxy) is 5. The number of rotatable bonds is 4. The van der Waals surface area contributed by atoms with Gasteiger partial charge >= 0.3 is 0 Å². The molecule has 0 amide bonds. The molecule has 0 spiro atoms. The van der Waals surface area contributed by atoms with Crippen LogP contribution in [0.2, 0.25) is 0 Å². The van der Waals surface area contributed by atoms with Crippen LogP contribution in [0.4, 0.5) is 0 Å². The third kappa shape index (κ3) is 2.24. The average Bonchev–Trinajstić information content (AvgIpc) is 2.26. The maximum absolute atomic E-state index is 5.41. The molecule has 0 aliphatic carbocycles. The summed E-state index contributed by atoms with van der Waals surface area (Å²) < 4.78 is 26.4. The standard InChI is InChI=1S/C9H18O5/c1-10-6-5-14-9(13-4)8(12-3)7(6)11-2/h6-9H,5H2,1-4H3/t6?,7-,8-,9-/m1/s1. The molecule has 1 heterocycles. The molecule has 1 rings (SSSR count). The van der Waals surface area contributed by atoms with E-state index in [1.54, 1.807) is 28.4 Å². The first kappa shape index (κ1) is 11.9. The molecule has 0 aromatic rings. The van der Waals surface area contributed by atoms with E-state index < -0.39 is 6.29 Å². The number of hydrogen-bond acceptors (Lipinski definition) is 5. The van der Waals surface area contributed by atoms with Crippen molar-refractivity contribution >= 4 is 0 Å². The highest BCUT2D eigenvalue weighted by Crippen LogP contribution is 2.22. The van der Waals surface area contributed by atoms with Gasteiger partial charge in [-0.25, -0.2) is 0 Å². The zero-order chi connectivity index (χ0) is 10.6. The van der Waals surface area contributed by atoms with E-state index in [0.29, 0.717) is 6.61 Å². The molecule has 1 unspecified atom stereocenters. The van der Waals surface area contributed by atoms with Crippen molar-refractivity contribution in [2.75, 3.05) is 35.0 Å². The lowest BCUT2D eigenvalue weighted by molar-refractivity contribution is -0.276. The zero-order valence-electron chi connectivity index (χ0n) is 9.06. The van der Waals surface area contributed by atoms with Crippen molar-refractivity contribution in [3.05, 3.63) is 0 Å². The monoisotopic (exact) mass is 206 g/mol. The predicted octanol–water partition coefficient (Wildman–Crippen LogP) is 0.0341. The van der Waals surface area contributed by atoms with Gasteiger partial charge in [0.25, 0.3) is 0 Å². The third-order valence-electron chi connectivity index (χ3n) is 2.46. The number of hydrogen-bond donors (Lipinski definition) is 0. The minimum atomic E-state index is -0.392. The van der Waals surface area contributed by atoms with Gasteiger partial charge in [-0.1, -0.05) is 0 Å². The lowest BCUT2D eigenvalue weighted by Crippen LogP contribution is -2.55. The summed E-state index contributed by atoms with van der Waals surface area (Å²) in [5.41, 5.74) is 0. The molecule has 1 aliphatic rings. The molecule has 1 fully saturated rings. The van der Waals surface area contributed by atoms with Crippen LogP contribution in [0.1, 0.15) is 0 Å². The summed E-state index contributed by atoms with van der Waals surface area (Å²) in [7, 11) is 6.43. The molecule has 4 atom stereocenters. The van der Waals surface area contributed by atoms with Gasteiger partial charge in [-0.15, -0.1) is 0 Å². The van der Waals surface area contributed by atoms with E-state index in [0.717, 1.165) is 0 Å². The molecule has 0 bridgehead atoms. The summed E-state index contributed by atoms with van der Waals surface area (Å²) in [6.07, 6.45) is -0.930. The lowest BCUT2D eigenvalue weighted by Gasteiger charge is -2.39. The average molecular weight is 206 g/mol. The Kier molecular flexibility index (Phi) is 4.77. The Morgan fingerprint density at radius 1 is 0.857 bits per heavy atom. The molecule has 0 radical (unpaired) electrons. The zero-order valence-corrected chi connectivity index (χ0v) is 9.06. The van der Waals surface area contributed by atoms with E-state index in [2.05, 4.69) is 0 Å². The molecule has 0 saturated carbocycles. The van der Waals surface area contributed by atoms with Crippen LogP contribution >= 0.6 is 0 Å². The Hall–Kier alpha value is -0.200. The van der Waals surface area contributed by atoms with E-state index in [1.807, 2.05) is 0 Å². The Labute approximate surface area is 84.2 Å².